The van der Waals surface area contributed by atoms with Crippen LogP contribution in [0.2, 0.25) is 0 Å². The van der Waals surface area contributed by atoms with Crippen molar-refractivity contribution in [1.82, 2.24) is 0 Å². The molecule has 11 heavy (non-hydrogen) atoms. The summed E-state index contributed by atoms with van der Waals surface area (Å²) in [5, 5.41) is 0. The summed E-state index contributed by atoms with van der Waals surface area (Å²) < 4.78 is 5.20. The maximum Gasteiger partial charge on any atom is 0.132 e. The molecular formula is C8H10N2O. The van der Waals surface area contributed by atoms with Gasteiger partial charge in [-0.2, -0.15) is 0 Å². The minimum atomic E-state index is -0.259. The lowest BCUT2D eigenvalue weighted by molar-refractivity contribution is 0.0710. The van der Waals surface area contributed by atoms with Crippen LogP contribution in [0.1, 0.15) is 17.4 Å². The highest BCUT2D eigenvalue weighted by atomic mass is 16.5. The second-order valence-corrected chi connectivity index (χ2v) is 2.69. The van der Waals surface area contributed by atoms with Crippen molar-refractivity contribution >= 4 is 5.69 Å². The molecule has 0 aliphatic carbocycles. The van der Waals surface area contributed by atoms with Gasteiger partial charge in [-0.05, 0) is 17.7 Å². The number of nitrogen functional groups attached to an aromatic ring is 1. The van der Waals surface area contributed by atoms with Gasteiger partial charge in [-0.25, -0.2) is 0 Å². The molecule has 0 aromatic heterocycles. The van der Waals surface area contributed by atoms with Crippen molar-refractivity contribution in [3.05, 3.63) is 29.3 Å². The van der Waals surface area contributed by atoms with E-state index < -0.39 is 0 Å². The van der Waals surface area contributed by atoms with Crippen molar-refractivity contribution in [3.63, 3.8) is 0 Å². The molecule has 0 spiro atoms. The molecule has 4 N–H and O–H groups in total. The van der Waals surface area contributed by atoms with Crippen molar-refractivity contribution in [2.45, 2.75) is 12.8 Å². The molecule has 1 unspecified atom stereocenters. The molecule has 0 saturated heterocycles. The molecule has 3 nitrogen and oxygen atoms in total. The molecule has 0 amide bonds. The van der Waals surface area contributed by atoms with Gasteiger partial charge in [-0.15, -0.1) is 0 Å². The normalized spacial score (nSPS) is 21.7. The van der Waals surface area contributed by atoms with Gasteiger partial charge in [0.2, 0.25) is 0 Å². The Morgan fingerprint density at radius 1 is 1.45 bits per heavy atom. The highest BCUT2D eigenvalue weighted by Crippen LogP contribution is 2.27. The molecule has 0 radical (unpaired) electrons. The molecule has 0 bridgehead atoms. The third-order valence-electron chi connectivity index (χ3n) is 1.89. The average Bonchev–Trinajstić information content (AvgIpc) is 2.32. The zero-order valence-electron chi connectivity index (χ0n) is 6.08. The number of rotatable bonds is 0. The summed E-state index contributed by atoms with van der Waals surface area (Å²) in [6.07, 6.45) is -0.259. The highest BCUT2D eigenvalue weighted by molar-refractivity contribution is 5.46. The summed E-state index contributed by atoms with van der Waals surface area (Å²) in [6.45, 7) is 0.585. The fourth-order valence-corrected chi connectivity index (χ4v) is 1.30. The number of nitrogens with two attached hydrogens (primary N) is 2. The lowest BCUT2D eigenvalue weighted by Crippen LogP contribution is -2.07. The first-order valence-corrected chi connectivity index (χ1v) is 3.53. The Morgan fingerprint density at radius 2 is 2.27 bits per heavy atom. The molecule has 0 saturated carbocycles. The van der Waals surface area contributed by atoms with Crippen molar-refractivity contribution in [2.24, 2.45) is 5.73 Å². The molecule has 1 aromatic carbocycles. The maximum atomic E-state index is 5.63. The van der Waals surface area contributed by atoms with E-state index in [-0.39, 0.29) is 6.23 Å². The summed E-state index contributed by atoms with van der Waals surface area (Å²) in [5.74, 6) is 0. The molecular weight excluding hydrogens is 140 g/mol. The van der Waals surface area contributed by atoms with E-state index >= 15 is 0 Å². The van der Waals surface area contributed by atoms with Crippen LogP contribution < -0.4 is 11.5 Å². The lowest BCUT2D eigenvalue weighted by atomic mass is 10.1. The van der Waals surface area contributed by atoms with E-state index in [2.05, 4.69) is 0 Å². The molecule has 1 atom stereocenters. The second kappa shape index (κ2) is 2.22. The summed E-state index contributed by atoms with van der Waals surface area (Å²) in [6, 6.07) is 5.66. The van der Waals surface area contributed by atoms with Gasteiger partial charge in [0.15, 0.2) is 0 Å². The summed E-state index contributed by atoms with van der Waals surface area (Å²) in [7, 11) is 0. The average molecular weight is 150 g/mol. The van der Waals surface area contributed by atoms with Crippen LogP contribution in [0.5, 0.6) is 0 Å². The van der Waals surface area contributed by atoms with E-state index in [4.69, 9.17) is 16.2 Å². The van der Waals surface area contributed by atoms with Crippen LogP contribution >= 0.6 is 0 Å². The predicted octanol–water partition coefficient (Wildman–Crippen LogP) is 0.756. The first kappa shape index (κ1) is 6.64. The molecule has 1 heterocycles. The summed E-state index contributed by atoms with van der Waals surface area (Å²) in [4.78, 5) is 0. The van der Waals surface area contributed by atoms with Crippen LogP contribution in [0.3, 0.4) is 0 Å². The third-order valence-corrected chi connectivity index (χ3v) is 1.89. The van der Waals surface area contributed by atoms with Crippen LogP contribution in [-0.2, 0) is 11.3 Å². The van der Waals surface area contributed by atoms with Crippen LogP contribution in [-0.4, -0.2) is 0 Å². The first-order chi connectivity index (χ1) is 5.27. The van der Waals surface area contributed by atoms with E-state index in [1.165, 1.54) is 0 Å². The summed E-state index contributed by atoms with van der Waals surface area (Å²) >= 11 is 0. The van der Waals surface area contributed by atoms with Crippen molar-refractivity contribution < 1.29 is 4.74 Å². The van der Waals surface area contributed by atoms with Gasteiger partial charge < -0.3 is 16.2 Å². The fourth-order valence-electron chi connectivity index (χ4n) is 1.30. The number of benzene rings is 1. The van der Waals surface area contributed by atoms with Crippen molar-refractivity contribution in [1.29, 1.82) is 0 Å². The largest absolute Gasteiger partial charge is 0.399 e. The molecule has 1 aliphatic heterocycles. The standard InChI is InChI=1S/C8H10N2O/c9-6-1-2-7-5(3-6)4-11-8(7)10/h1-3,8H,4,9-10H2. The van der Waals surface area contributed by atoms with E-state index in [1.54, 1.807) is 0 Å². The Bertz CT molecular complexity index is 285. The monoisotopic (exact) mass is 150 g/mol. The van der Waals surface area contributed by atoms with Gasteiger partial charge in [0.05, 0.1) is 6.61 Å². The minimum absolute atomic E-state index is 0.259. The quantitative estimate of drug-likeness (QED) is 0.536. The van der Waals surface area contributed by atoms with Crippen molar-refractivity contribution in [2.75, 3.05) is 5.73 Å². The van der Waals surface area contributed by atoms with Crippen LogP contribution in [0, 0.1) is 0 Å². The number of anilines is 1. The van der Waals surface area contributed by atoms with E-state index in [1.807, 2.05) is 18.2 Å². The number of ether oxygens (including phenoxy) is 1. The van der Waals surface area contributed by atoms with Gasteiger partial charge >= 0.3 is 0 Å². The lowest BCUT2D eigenvalue weighted by Gasteiger charge is -2.02. The van der Waals surface area contributed by atoms with E-state index in [0.717, 1.165) is 16.8 Å². The Kier molecular flexibility index (Phi) is 1.34. The van der Waals surface area contributed by atoms with Gasteiger partial charge in [0.25, 0.3) is 0 Å². The smallest absolute Gasteiger partial charge is 0.132 e. The molecule has 58 valence electrons. The molecule has 1 aliphatic rings. The van der Waals surface area contributed by atoms with Gasteiger partial charge in [-0.3, -0.25) is 0 Å². The third kappa shape index (κ3) is 0.982. The SMILES string of the molecule is Nc1ccc2c(c1)COC2N. The molecule has 0 fully saturated rings. The van der Waals surface area contributed by atoms with Gasteiger partial charge in [0, 0.05) is 11.3 Å². The second-order valence-electron chi connectivity index (χ2n) is 2.69. The molecule has 2 rings (SSSR count). The molecule has 1 aromatic rings. The fraction of sp³-hybridized carbons (Fsp3) is 0.250. The Labute approximate surface area is 64.9 Å². The Hall–Kier alpha value is -1.06. The van der Waals surface area contributed by atoms with Crippen LogP contribution in [0.4, 0.5) is 5.69 Å². The Balaban J connectivity index is 2.50. The highest BCUT2D eigenvalue weighted by Gasteiger charge is 2.18. The first-order valence-electron chi connectivity index (χ1n) is 3.53. The van der Waals surface area contributed by atoms with Gasteiger partial charge in [0.1, 0.15) is 6.23 Å². The van der Waals surface area contributed by atoms with Crippen LogP contribution in [0.25, 0.3) is 0 Å². The van der Waals surface area contributed by atoms with Gasteiger partial charge in [-0.1, -0.05) is 6.07 Å². The molecule has 3 heteroatoms. The Morgan fingerprint density at radius 3 is 3.09 bits per heavy atom. The minimum Gasteiger partial charge on any atom is -0.399 e. The topological polar surface area (TPSA) is 61.3 Å². The zero-order valence-corrected chi connectivity index (χ0v) is 6.08. The number of fused-ring (bicyclic) bond motifs is 1. The van der Waals surface area contributed by atoms with E-state index in [9.17, 15) is 0 Å². The predicted molar refractivity (Wildman–Crippen MR) is 42.6 cm³/mol. The number of hydrogen-bond acceptors (Lipinski definition) is 3. The zero-order chi connectivity index (χ0) is 7.84. The van der Waals surface area contributed by atoms with Crippen molar-refractivity contribution in [3.8, 4) is 0 Å². The summed E-state index contributed by atoms with van der Waals surface area (Å²) in [5.41, 5.74) is 14.1. The van der Waals surface area contributed by atoms with Crippen LogP contribution in [0.15, 0.2) is 18.2 Å². The maximum absolute atomic E-state index is 5.63. The van der Waals surface area contributed by atoms with E-state index in [0.29, 0.717) is 6.61 Å². The number of hydrogen-bond donors (Lipinski definition) is 2.